The second kappa shape index (κ2) is 6.71. The van der Waals surface area contributed by atoms with E-state index in [4.69, 9.17) is 0 Å². The van der Waals surface area contributed by atoms with Crippen LogP contribution in [0.5, 0.6) is 0 Å². The van der Waals surface area contributed by atoms with Crippen molar-refractivity contribution in [3.8, 4) is 11.4 Å². The first kappa shape index (κ1) is 16.9. The van der Waals surface area contributed by atoms with E-state index >= 15 is 0 Å². The Kier molecular flexibility index (Phi) is 3.91. The fourth-order valence-electron chi connectivity index (χ4n) is 3.03. The van der Waals surface area contributed by atoms with Gasteiger partial charge in [-0.1, -0.05) is 30.3 Å². The fraction of sp³-hybridized carbons (Fsp3) is 0. The summed E-state index contributed by atoms with van der Waals surface area (Å²) in [6.07, 6.45) is 4.61. The molecule has 29 heavy (non-hydrogen) atoms. The molecule has 0 aliphatic heterocycles. The van der Waals surface area contributed by atoms with E-state index in [1.54, 1.807) is 29.1 Å². The molecule has 0 radical (unpaired) electrons. The number of para-hydroxylation sites is 2. The first-order valence-electron chi connectivity index (χ1n) is 8.79. The minimum Gasteiger partial charge on any atom is -0.323 e. The highest BCUT2D eigenvalue weighted by Gasteiger charge is 2.12. The predicted molar refractivity (Wildman–Crippen MR) is 106 cm³/mol. The highest BCUT2D eigenvalue weighted by atomic mass is 19.1. The standard InChI is InChI=1S/C20H14FN7O/c21-16-8-4-5-9-17(16)27-12-13(10-22-27)24-20-25-18-15(19(29)26-20)11-23-28(18)14-6-2-1-3-7-14/h1-12H,(H2,24,25,26,29). The molecule has 0 bridgehead atoms. The number of anilines is 2. The Morgan fingerprint density at radius 1 is 0.966 bits per heavy atom. The van der Waals surface area contributed by atoms with Crippen LogP contribution >= 0.6 is 0 Å². The van der Waals surface area contributed by atoms with Crippen LogP contribution in [0.3, 0.4) is 0 Å². The zero-order chi connectivity index (χ0) is 19.8. The van der Waals surface area contributed by atoms with Crippen LogP contribution in [0, 0.1) is 5.82 Å². The molecule has 0 amide bonds. The van der Waals surface area contributed by atoms with Gasteiger partial charge >= 0.3 is 0 Å². The highest BCUT2D eigenvalue weighted by Crippen LogP contribution is 2.19. The van der Waals surface area contributed by atoms with Crippen LogP contribution in [0.1, 0.15) is 0 Å². The lowest BCUT2D eigenvalue weighted by Gasteiger charge is -2.05. The van der Waals surface area contributed by atoms with Gasteiger partial charge in [0.15, 0.2) is 5.65 Å². The van der Waals surface area contributed by atoms with Crippen LogP contribution in [0.4, 0.5) is 16.0 Å². The minimum atomic E-state index is -0.387. The first-order chi connectivity index (χ1) is 14.2. The Morgan fingerprint density at radius 3 is 2.59 bits per heavy atom. The van der Waals surface area contributed by atoms with Crippen molar-refractivity contribution >= 4 is 22.7 Å². The van der Waals surface area contributed by atoms with Gasteiger partial charge in [-0.2, -0.15) is 15.2 Å². The molecule has 0 fully saturated rings. The summed E-state index contributed by atoms with van der Waals surface area (Å²) < 4.78 is 17.0. The highest BCUT2D eigenvalue weighted by molar-refractivity contribution is 5.76. The molecule has 2 N–H and O–H groups in total. The molecular formula is C20H14FN7O. The molecule has 5 aromatic rings. The van der Waals surface area contributed by atoms with Gasteiger partial charge in [-0.15, -0.1) is 0 Å². The number of aromatic amines is 1. The van der Waals surface area contributed by atoms with Crippen molar-refractivity contribution in [2.75, 3.05) is 5.32 Å². The number of rotatable bonds is 4. The number of fused-ring (bicyclic) bond motifs is 1. The van der Waals surface area contributed by atoms with Crippen LogP contribution in [-0.4, -0.2) is 29.5 Å². The third-order valence-corrected chi connectivity index (χ3v) is 4.38. The molecule has 3 aromatic heterocycles. The molecule has 9 heteroatoms. The maximum absolute atomic E-state index is 14.0. The summed E-state index contributed by atoms with van der Waals surface area (Å²) in [5.41, 5.74) is 1.75. The van der Waals surface area contributed by atoms with Crippen molar-refractivity contribution in [1.29, 1.82) is 0 Å². The molecule has 8 nitrogen and oxygen atoms in total. The summed E-state index contributed by atoms with van der Waals surface area (Å²) in [4.78, 5) is 19.6. The monoisotopic (exact) mass is 387 g/mol. The topological polar surface area (TPSA) is 93.4 Å². The second-order valence-corrected chi connectivity index (χ2v) is 6.29. The van der Waals surface area contributed by atoms with Crippen molar-refractivity contribution in [3.63, 3.8) is 0 Å². The van der Waals surface area contributed by atoms with Crippen LogP contribution in [0.25, 0.3) is 22.4 Å². The van der Waals surface area contributed by atoms with Crippen molar-refractivity contribution in [3.05, 3.63) is 89.4 Å². The molecule has 0 saturated heterocycles. The van der Waals surface area contributed by atoms with E-state index in [9.17, 15) is 9.18 Å². The van der Waals surface area contributed by atoms with Crippen molar-refractivity contribution in [2.24, 2.45) is 0 Å². The fourth-order valence-corrected chi connectivity index (χ4v) is 3.03. The van der Waals surface area contributed by atoms with Gasteiger partial charge < -0.3 is 5.32 Å². The van der Waals surface area contributed by atoms with Crippen LogP contribution in [0.15, 0.2) is 78.0 Å². The normalized spacial score (nSPS) is 11.1. The van der Waals surface area contributed by atoms with Gasteiger partial charge in [0.2, 0.25) is 5.95 Å². The van der Waals surface area contributed by atoms with Gasteiger partial charge in [-0.3, -0.25) is 9.78 Å². The van der Waals surface area contributed by atoms with Gasteiger partial charge in [0.05, 0.1) is 30.0 Å². The van der Waals surface area contributed by atoms with Crippen LogP contribution in [-0.2, 0) is 0 Å². The minimum absolute atomic E-state index is 0.230. The van der Waals surface area contributed by atoms with Gasteiger partial charge in [-0.05, 0) is 24.3 Å². The Bertz CT molecular complexity index is 1370. The lowest BCUT2D eigenvalue weighted by atomic mass is 10.3. The Labute approximate surface area is 163 Å². The van der Waals surface area contributed by atoms with Crippen molar-refractivity contribution in [2.45, 2.75) is 0 Å². The van der Waals surface area contributed by atoms with Gasteiger partial charge in [0.1, 0.15) is 16.9 Å². The SMILES string of the molecule is O=c1[nH]c(Nc2cnn(-c3ccccc3F)c2)nc2c1cnn2-c1ccccc1. The number of nitrogens with zero attached hydrogens (tertiary/aromatic N) is 5. The second-order valence-electron chi connectivity index (χ2n) is 6.29. The summed E-state index contributed by atoms with van der Waals surface area (Å²) in [5.74, 6) is -0.157. The average Bonchev–Trinajstić information content (AvgIpc) is 3.36. The first-order valence-corrected chi connectivity index (χ1v) is 8.79. The van der Waals surface area contributed by atoms with E-state index in [0.717, 1.165) is 5.69 Å². The van der Waals surface area contributed by atoms with Crippen LogP contribution in [0.2, 0.25) is 0 Å². The zero-order valence-electron chi connectivity index (χ0n) is 15.0. The molecular weight excluding hydrogens is 373 g/mol. The zero-order valence-corrected chi connectivity index (χ0v) is 15.0. The smallest absolute Gasteiger partial charge is 0.263 e. The predicted octanol–water partition coefficient (Wildman–Crippen LogP) is 3.18. The Morgan fingerprint density at radius 2 is 1.76 bits per heavy atom. The molecule has 0 aliphatic rings. The van der Waals surface area contributed by atoms with E-state index in [1.807, 2.05) is 30.3 Å². The number of aromatic nitrogens is 6. The molecule has 3 heterocycles. The summed E-state index contributed by atoms with van der Waals surface area (Å²) in [7, 11) is 0. The third-order valence-electron chi connectivity index (χ3n) is 4.38. The third kappa shape index (κ3) is 3.04. The molecule has 0 unspecified atom stereocenters. The van der Waals surface area contributed by atoms with Crippen molar-refractivity contribution < 1.29 is 4.39 Å². The number of hydrogen-bond donors (Lipinski definition) is 2. The Hall–Kier alpha value is -4.27. The lowest BCUT2D eigenvalue weighted by Crippen LogP contribution is -2.11. The maximum atomic E-state index is 14.0. The number of halogens is 1. The van der Waals surface area contributed by atoms with Crippen LogP contribution < -0.4 is 10.9 Å². The number of hydrogen-bond acceptors (Lipinski definition) is 5. The molecule has 0 atom stereocenters. The van der Waals surface area contributed by atoms with E-state index < -0.39 is 0 Å². The quantitative estimate of drug-likeness (QED) is 0.494. The summed E-state index contributed by atoms with van der Waals surface area (Å²) in [6.45, 7) is 0. The lowest BCUT2D eigenvalue weighted by molar-refractivity contribution is 0.611. The maximum Gasteiger partial charge on any atom is 0.263 e. The molecule has 142 valence electrons. The van der Waals surface area contributed by atoms with Gasteiger partial charge in [0, 0.05) is 0 Å². The number of H-pyrrole nitrogens is 1. The molecule has 5 rings (SSSR count). The molecule has 0 saturated carbocycles. The molecule has 2 aromatic carbocycles. The molecule has 0 spiro atoms. The summed E-state index contributed by atoms with van der Waals surface area (Å²) >= 11 is 0. The average molecular weight is 387 g/mol. The Balaban J connectivity index is 1.52. The van der Waals surface area contributed by atoms with Crippen molar-refractivity contribution in [1.82, 2.24) is 29.5 Å². The van der Waals surface area contributed by atoms with Gasteiger partial charge in [0.25, 0.3) is 5.56 Å². The number of benzene rings is 2. The van der Waals surface area contributed by atoms with E-state index in [0.29, 0.717) is 22.4 Å². The molecule has 0 aliphatic carbocycles. The van der Waals surface area contributed by atoms with Gasteiger partial charge in [-0.25, -0.2) is 13.8 Å². The van der Waals surface area contributed by atoms with E-state index in [-0.39, 0.29) is 17.3 Å². The number of nitrogens with one attached hydrogen (secondary N) is 2. The summed E-state index contributed by atoms with van der Waals surface area (Å²) in [6, 6.07) is 15.7. The van der Waals surface area contributed by atoms with E-state index in [1.165, 1.54) is 23.1 Å². The van der Waals surface area contributed by atoms with E-state index in [2.05, 4.69) is 25.5 Å². The summed E-state index contributed by atoms with van der Waals surface area (Å²) in [5, 5.41) is 11.8. The largest absolute Gasteiger partial charge is 0.323 e.